The van der Waals surface area contributed by atoms with Gasteiger partial charge in [-0.2, -0.15) is 0 Å². The van der Waals surface area contributed by atoms with Crippen LogP contribution in [0.4, 0.5) is 0 Å². The Morgan fingerprint density at radius 3 is 1.82 bits per heavy atom. The van der Waals surface area contributed by atoms with Crippen molar-refractivity contribution in [1.29, 1.82) is 0 Å². The van der Waals surface area contributed by atoms with Gasteiger partial charge in [-0.1, -0.05) is 24.3 Å². The molecule has 0 heterocycles. The molecular weight excluding hydrogens is 545 g/mol. The average molecular weight is 557 g/mol. The molecule has 0 fully saturated rings. The third kappa shape index (κ3) is 11.6. The molecule has 0 aliphatic heterocycles. The van der Waals surface area contributed by atoms with E-state index in [2.05, 4.69) is 63.0 Å². The molecule has 3 heteroatoms. The minimum absolute atomic E-state index is 0.523. The number of rotatable bonds is 0. The first-order chi connectivity index (χ1) is 5.41. The summed E-state index contributed by atoms with van der Waals surface area (Å²) < 4.78 is 0. The summed E-state index contributed by atoms with van der Waals surface area (Å²) in [6, 6.07) is 0. The molecule has 0 spiro atoms. The summed E-state index contributed by atoms with van der Waals surface area (Å²) >= 11 is 5.30. The van der Waals surface area contributed by atoms with E-state index >= 15 is 0 Å². The van der Waals surface area contributed by atoms with Crippen LogP contribution in [0.3, 0.4) is 0 Å². The summed E-state index contributed by atoms with van der Waals surface area (Å²) in [5, 5.41) is 0. The van der Waals surface area contributed by atoms with Gasteiger partial charge < -0.3 is 0 Å². The van der Waals surface area contributed by atoms with Crippen molar-refractivity contribution in [1.82, 2.24) is 0 Å². The quantitative estimate of drug-likeness (QED) is 0.306. The van der Waals surface area contributed by atoms with Gasteiger partial charge in [-0.25, -0.2) is 0 Å². The van der Waals surface area contributed by atoms with Crippen LogP contribution in [-0.4, -0.2) is 0 Å². The molecule has 0 saturated heterocycles. The van der Waals surface area contributed by atoms with Crippen LogP contribution in [0, 0.1) is 0 Å². The predicted molar refractivity (Wildman–Crippen MR) is 64.8 cm³/mol. The topological polar surface area (TPSA) is 0 Å². The second kappa shape index (κ2) is 11.6. The van der Waals surface area contributed by atoms with Crippen LogP contribution in [0.5, 0.6) is 0 Å². The van der Waals surface area contributed by atoms with E-state index in [1.165, 1.54) is 19.3 Å². The Morgan fingerprint density at radius 1 is 0.909 bits per heavy atom. The van der Waals surface area contributed by atoms with E-state index in [9.17, 15) is 0 Å². The predicted octanol–water partition coefficient (Wildman–Crippen LogP) is 4.44. The molecular formula is C8H12I2Pt. The van der Waals surface area contributed by atoms with Crippen LogP contribution in [0.25, 0.3) is 0 Å². The van der Waals surface area contributed by atoms with Gasteiger partial charge in [0.05, 0.1) is 0 Å². The monoisotopic (exact) mass is 557 g/mol. The zero-order valence-electron chi connectivity index (χ0n) is 6.21. The molecule has 0 aromatic carbocycles. The van der Waals surface area contributed by atoms with E-state index in [4.69, 9.17) is 0 Å². The molecule has 0 unspecified atom stereocenters. The molecule has 0 bridgehead atoms. The molecule has 0 N–H and O–H groups in total. The van der Waals surface area contributed by atoms with Crippen LogP contribution in [-0.2, 0) is 11.2 Å². The molecule has 0 aromatic rings. The Balaban J connectivity index is 0.000000292. The van der Waals surface area contributed by atoms with Gasteiger partial charge in [0.2, 0.25) is 0 Å². The number of halogens is 2. The van der Waals surface area contributed by atoms with Crippen molar-refractivity contribution in [2.24, 2.45) is 0 Å². The first kappa shape index (κ1) is 12.6. The van der Waals surface area contributed by atoms with Gasteiger partial charge in [-0.3, -0.25) is 0 Å². The molecule has 1 aliphatic carbocycles. The van der Waals surface area contributed by atoms with E-state index < -0.39 is 0 Å². The van der Waals surface area contributed by atoms with Crippen molar-refractivity contribution in [2.75, 3.05) is 0 Å². The summed E-state index contributed by atoms with van der Waals surface area (Å²) in [5.74, 6) is 0. The Morgan fingerprint density at radius 2 is 1.36 bits per heavy atom. The van der Waals surface area contributed by atoms with Gasteiger partial charge >= 0.3 is 49.9 Å². The average Bonchev–Trinajstić information content (AvgIpc) is 1.86. The van der Waals surface area contributed by atoms with Crippen molar-refractivity contribution < 1.29 is 11.2 Å². The molecule has 0 saturated carbocycles. The Bertz CT molecular complexity index is 109. The van der Waals surface area contributed by atoms with E-state index in [1.807, 2.05) is 0 Å². The van der Waals surface area contributed by atoms with Crippen LogP contribution < -0.4 is 0 Å². The van der Waals surface area contributed by atoms with E-state index in [-0.39, 0.29) is 0 Å². The van der Waals surface area contributed by atoms with E-state index in [1.54, 1.807) is 0 Å². The second-order valence-corrected chi connectivity index (χ2v) is 18.7. The molecule has 11 heavy (non-hydrogen) atoms. The van der Waals surface area contributed by atoms with Crippen molar-refractivity contribution in [3.63, 3.8) is 0 Å². The fraction of sp³-hybridized carbons (Fsp3) is 0.500. The number of hydrogen-bond acceptors (Lipinski definition) is 0. The number of hydrogen-bond donors (Lipinski definition) is 0. The maximum absolute atomic E-state index is 2.39. The van der Waals surface area contributed by atoms with Crippen molar-refractivity contribution in [2.45, 2.75) is 25.7 Å². The van der Waals surface area contributed by atoms with Gasteiger partial charge in [-0.15, -0.1) is 0 Å². The Labute approximate surface area is 98.5 Å². The number of allylic oxidation sites excluding steroid dienone is 4. The third-order valence-electron chi connectivity index (χ3n) is 1.35. The van der Waals surface area contributed by atoms with Gasteiger partial charge in [0.25, 0.3) is 0 Å². The first-order valence-corrected chi connectivity index (χ1v) is 16.4. The van der Waals surface area contributed by atoms with Crippen LogP contribution in [0.1, 0.15) is 25.7 Å². The van der Waals surface area contributed by atoms with Crippen LogP contribution in [0.2, 0.25) is 0 Å². The maximum atomic E-state index is 2.39. The fourth-order valence-corrected chi connectivity index (χ4v) is 0.860. The summed E-state index contributed by atoms with van der Waals surface area (Å²) in [6.07, 6.45) is 14.0. The second-order valence-electron chi connectivity index (χ2n) is 2.15. The standard InChI is InChI=1S/C8H12.2HI.Pt/c1-2-4-6-8-7-5-3-1;;;/h1-2,5,7H,3-4,6,8H2;2*1H;/q;;;+2/p-2/b2-1-,7-5-;;;. The molecule has 0 radical (unpaired) electrons. The molecule has 0 aromatic heterocycles. The normalized spacial score (nSPS) is 22.4. The SMILES string of the molecule is C1=C\CCC/C=C\C/1.[I][Pt][I]. The van der Waals surface area contributed by atoms with Crippen molar-refractivity contribution >= 4 is 38.7 Å². The summed E-state index contributed by atoms with van der Waals surface area (Å²) in [4.78, 5) is 0. The Kier molecular flexibility index (Phi) is 13.3. The van der Waals surface area contributed by atoms with Gasteiger partial charge in [0.1, 0.15) is 0 Å². The van der Waals surface area contributed by atoms with E-state index in [0.29, 0.717) is 11.2 Å². The molecule has 1 aliphatic rings. The zero-order chi connectivity index (χ0) is 8.36. The summed E-state index contributed by atoms with van der Waals surface area (Å²) in [6.45, 7) is 0. The zero-order valence-corrected chi connectivity index (χ0v) is 12.8. The van der Waals surface area contributed by atoms with Crippen molar-refractivity contribution in [3.8, 4) is 0 Å². The van der Waals surface area contributed by atoms with Gasteiger partial charge in [0.15, 0.2) is 0 Å². The first-order valence-electron chi connectivity index (χ1n) is 3.54. The molecule has 68 valence electrons. The molecule has 1 rings (SSSR count). The van der Waals surface area contributed by atoms with Gasteiger partial charge in [0, 0.05) is 0 Å². The molecule has 0 amide bonds. The molecule has 0 nitrogen and oxygen atoms in total. The summed E-state index contributed by atoms with van der Waals surface area (Å²) in [7, 11) is 0. The Hall–Kier alpha value is 1.63. The molecule has 0 atom stereocenters. The minimum atomic E-state index is 0.523. The third-order valence-corrected chi connectivity index (χ3v) is 1.35. The van der Waals surface area contributed by atoms with Crippen LogP contribution >= 0.6 is 38.7 Å². The summed E-state index contributed by atoms with van der Waals surface area (Å²) in [5.41, 5.74) is 0. The van der Waals surface area contributed by atoms with E-state index in [0.717, 1.165) is 6.42 Å². The fourth-order valence-electron chi connectivity index (χ4n) is 0.860. The van der Waals surface area contributed by atoms with Crippen molar-refractivity contribution in [3.05, 3.63) is 24.3 Å². The van der Waals surface area contributed by atoms with Gasteiger partial charge in [-0.05, 0) is 25.7 Å². The van der Waals surface area contributed by atoms with Crippen LogP contribution in [0.15, 0.2) is 24.3 Å².